The molecule has 0 fully saturated rings. The molecule has 0 unspecified atom stereocenters. The molecular formula is C19H16FN3O. The molecule has 0 radical (unpaired) electrons. The van der Waals surface area contributed by atoms with E-state index in [9.17, 15) is 9.18 Å². The van der Waals surface area contributed by atoms with E-state index in [1.807, 2.05) is 12.1 Å². The normalized spacial score (nSPS) is 13.8. The van der Waals surface area contributed by atoms with E-state index in [-0.39, 0.29) is 11.8 Å². The number of urea groups is 1. The number of carbonyl (C=O) groups excluding carboxylic acids is 1. The Labute approximate surface area is 139 Å². The number of halogens is 1. The van der Waals surface area contributed by atoms with E-state index in [1.165, 1.54) is 12.1 Å². The second kappa shape index (κ2) is 6.97. The summed E-state index contributed by atoms with van der Waals surface area (Å²) in [6.45, 7) is 1.11. The first-order chi connectivity index (χ1) is 11.7. The SMILES string of the molecule is N#Cc1ccc(NC(=O)N2CC=C(c3ccc(F)cc3)CC2)cc1. The highest BCUT2D eigenvalue weighted by Crippen LogP contribution is 2.23. The summed E-state index contributed by atoms with van der Waals surface area (Å²) >= 11 is 0. The zero-order valence-corrected chi connectivity index (χ0v) is 13.0. The van der Waals surface area contributed by atoms with Crippen LogP contribution in [-0.4, -0.2) is 24.0 Å². The number of hydrogen-bond acceptors (Lipinski definition) is 2. The van der Waals surface area contributed by atoms with Crippen LogP contribution in [0, 0.1) is 17.1 Å². The molecule has 2 aromatic rings. The smallest absolute Gasteiger partial charge is 0.320 e. The Balaban J connectivity index is 1.61. The Hall–Kier alpha value is -3.13. The standard InChI is InChI=1S/C19H16FN3O/c20-17-5-3-15(4-6-17)16-9-11-23(12-10-16)19(24)22-18-7-1-14(13-21)2-8-18/h1-9H,10-12H2,(H,22,24). The summed E-state index contributed by atoms with van der Waals surface area (Å²) in [5, 5.41) is 11.6. The molecule has 120 valence electrons. The average molecular weight is 321 g/mol. The van der Waals surface area contributed by atoms with Gasteiger partial charge in [-0.2, -0.15) is 5.26 Å². The van der Waals surface area contributed by atoms with Crippen molar-refractivity contribution in [2.75, 3.05) is 18.4 Å². The Bertz CT molecular complexity index is 804. The quantitative estimate of drug-likeness (QED) is 0.908. The molecule has 4 nitrogen and oxygen atoms in total. The maximum atomic E-state index is 13.0. The highest BCUT2D eigenvalue weighted by molar-refractivity contribution is 5.90. The molecule has 2 amide bonds. The lowest BCUT2D eigenvalue weighted by molar-refractivity contribution is 0.217. The molecule has 0 atom stereocenters. The van der Waals surface area contributed by atoms with Gasteiger partial charge in [0.05, 0.1) is 11.6 Å². The maximum absolute atomic E-state index is 13.0. The molecule has 1 N–H and O–H groups in total. The van der Waals surface area contributed by atoms with Crippen molar-refractivity contribution in [2.24, 2.45) is 0 Å². The van der Waals surface area contributed by atoms with Crippen LogP contribution < -0.4 is 5.32 Å². The van der Waals surface area contributed by atoms with Crippen LogP contribution in [0.1, 0.15) is 17.5 Å². The summed E-state index contributed by atoms with van der Waals surface area (Å²) < 4.78 is 13.0. The van der Waals surface area contributed by atoms with E-state index >= 15 is 0 Å². The van der Waals surface area contributed by atoms with E-state index in [4.69, 9.17) is 5.26 Å². The molecule has 0 aromatic heterocycles. The van der Waals surface area contributed by atoms with Gasteiger partial charge in [-0.3, -0.25) is 0 Å². The van der Waals surface area contributed by atoms with E-state index in [2.05, 4.69) is 5.32 Å². The molecular weight excluding hydrogens is 305 g/mol. The molecule has 1 heterocycles. The first kappa shape index (κ1) is 15.8. The van der Waals surface area contributed by atoms with Gasteiger partial charge in [-0.25, -0.2) is 9.18 Å². The highest BCUT2D eigenvalue weighted by Gasteiger charge is 2.18. The minimum Gasteiger partial charge on any atom is -0.320 e. The van der Waals surface area contributed by atoms with Gasteiger partial charge in [0.2, 0.25) is 0 Å². The summed E-state index contributed by atoms with van der Waals surface area (Å²) in [5.74, 6) is -0.251. The number of hydrogen-bond donors (Lipinski definition) is 1. The molecule has 3 rings (SSSR count). The fraction of sp³-hybridized carbons (Fsp3) is 0.158. The van der Waals surface area contributed by atoms with Crippen molar-refractivity contribution in [3.63, 3.8) is 0 Å². The predicted octanol–water partition coefficient (Wildman–Crippen LogP) is 4.02. The van der Waals surface area contributed by atoms with E-state index < -0.39 is 0 Å². The van der Waals surface area contributed by atoms with Crippen LogP contribution in [0.2, 0.25) is 0 Å². The summed E-state index contributed by atoms with van der Waals surface area (Å²) in [5.41, 5.74) is 3.33. The van der Waals surface area contributed by atoms with Crippen molar-refractivity contribution in [3.8, 4) is 6.07 Å². The van der Waals surface area contributed by atoms with Gasteiger partial charge in [-0.15, -0.1) is 0 Å². The number of benzene rings is 2. The minimum atomic E-state index is -0.251. The number of rotatable bonds is 2. The lowest BCUT2D eigenvalue weighted by Crippen LogP contribution is -2.37. The topological polar surface area (TPSA) is 56.1 Å². The van der Waals surface area contributed by atoms with Gasteiger partial charge in [-0.1, -0.05) is 18.2 Å². The van der Waals surface area contributed by atoms with Crippen LogP contribution in [-0.2, 0) is 0 Å². The number of carbonyl (C=O) groups is 1. The predicted molar refractivity (Wildman–Crippen MR) is 90.7 cm³/mol. The number of anilines is 1. The van der Waals surface area contributed by atoms with Gasteiger partial charge in [0, 0.05) is 18.8 Å². The van der Waals surface area contributed by atoms with Crippen LogP contribution >= 0.6 is 0 Å². The largest absolute Gasteiger partial charge is 0.322 e. The van der Waals surface area contributed by atoms with Crippen molar-refractivity contribution in [3.05, 3.63) is 71.6 Å². The van der Waals surface area contributed by atoms with E-state index in [1.54, 1.807) is 41.3 Å². The third-order valence-electron chi connectivity index (χ3n) is 3.98. The van der Waals surface area contributed by atoms with E-state index in [0.717, 1.165) is 17.6 Å². The monoisotopic (exact) mass is 321 g/mol. The van der Waals surface area contributed by atoms with Crippen LogP contribution in [0.3, 0.4) is 0 Å². The molecule has 0 spiro atoms. The van der Waals surface area contributed by atoms with Crippen LogP contribution in [0.4, 0.5) is 14.9 Å². The second-order valence-corrected chi connectivity index (χ2v) is 5.55. The molecule has 0 saturated heterocycles. The average Bonchev–Trinajstić information content (AvgIpc) is 2.63. The first-order valence-electron chi connectivity index (χ1n) is 7.67. The maximum Gasteiger partial charge on any atom is 0.322 e. The van der Waals surface area contributed by atoms with Gasteiger partial charge >= 0.3 is 6.03 Å². The lowest BCUT2D eigenvalue weighted by atomic mass is 10.00. The molecule has 2 aromatic carbocycles. The van der Waals surface area contributed by atoms with Gasteiger partial charge in [0.15, 0.2) is 0 Å². The number of amides is 2. The fourth-order valence-corrected chi connectivity index (χ4v) is 2.61. The van der Waals surface area contributed by atoms with Crippen LogP contribution in [0.15, 0.2) is 54.6 Å². The Kier molecular flexibility index (Phi) is 4.57. The first-order valence-corrected chi connectivity index (χ1v) is 7.67. The summed E-state index contributed by atoms with van der Waals surface area (Å²) in [6.07, 6.45) is 2.72. The molecule has 5 heteroatoms. The zero-order valence-electron chi connectivity index (χ0n) is 13.0. The molecule has 1 aliphatic heterocycles. The fourth-order valence-electron chi connectivity index (χ4n) is 2.61. The van der Waals surface area contributed by atoms with Gasteiger partial charge < -0.3 is 10.2 Å². The minimum absolute atomic E-state index is 0.172. The van der Waals surface area contributed by atoms with Gasteiger partial charge in [0.1, 0.15) is 5.82 Å². The molecule has 24 heavy (non-hydrogen) atoms. The summed E-state index contributed by atoms with van der Waals surface area (Å²) in [6, 6.07) is 15.0. The highest BCUT2D eigenvalue weighted by atomic mass is 19.1. The van der Waals surface area contributed by atoms with Crippen molar-refractivity contribution in [2.45, 2.75) is 6.42 Å². The van der Waals surface area contributed by atoms with Crippen molar-refractivity contribution < 1.29 is 9.18 Å². The second-order valence-electron chi connectivity index (χ2n) is 5.55. The Morgan fingerprint density at radius 1 is 1.12 bits per heavy atom. The van der Waals surface area contributed by atoms with Crippen molar-refractivity contribution in [1.82, 2.24) is 4.90 Å². The third-order valence-corrected chi connectivity index (χ3v) is 3.98. The zero-order chi connectivity index (χ0) is 16.9. The molecule has 0 aliphatic carbocycles. The molecule has 0 bridgehead atoms. The van der Waals surface area contributed by atoms with Crippen LogP contribution in [0.5, 0.6) is 0 Å². The number of nitrogens with one attached hydrogen (secondary N) is 1. The van der Waals surface area contributed by atoms with Crippen molar-refractivity contribution in [1.29, 1.82) is 5.26 Å². The van der Waals surface area contributed by atoms with Crippen molar-refractivity contribution >= 4 is 17.3 Å². The molecule has 1 aliphatic rings. The number of nitriles is 1. The van der Waals surface area contributed by atoms with Gasteiger partial charge in [-0.05, 0) is 54.0 Å². The number of nitrogens with zero attached hydrogens (tertiary/aromatic N) is 2. The van der Waals surface area contributed by atoms with Gasteiger partial charge in [0.25, 0.3) is 0 Å². The van der Waals surface area contributed by atoms with E-state index in [0.29, 0.717) is 24.3 Å². The molecule has 0 saturated carbocycles. The Morgan fingerprint density at radius 3 is 2.42 bits per heavy atom. The summed E-state index contributed by atoms with van der Waals surface area (Å²) in [4.78, 5) is 14.0. The lowest BCUT2D eigenvalue weighted by Gasteiger charge is -2.27. The van der Waals surface area contributed by atoms with Crippen LogP contribution in [0.25, 0.3) is 5.57 Å². The summed E-state index contributed by atoms with van der Waals surface area (Å²) in [7, 11) is 0. The Morgan fingerprint density at radius 2 is 1.83 bits per heavy atom. The third kappa shape index (κ3) is 3.61.